The predicted octanol–water partition coefficient (Wildman–Crippen LogP) is 4.79. The lowest BCUT2D eigenvalue weighted by atomic mass is 9.77. The summed E-state index contributed by atoms with van der Waals surface area (Å²) in [4.78, 5) is 0. The van der Waals surface area contributed by atoms with Gasteiger partial charge in [-0.1, -0.05) is 24.3 Å². The van der Waals surface area contributed by atoms with Gasteiger partial charge in [0, 0.05) is 0 Å². The topological polar surface area (TPSA) is 130 Å². The molecule has 6 aliphatic rings. The maximum Gasteiger partial charge on any atom is 0.650 e. The second kappa shape index (κ2) is 11.9. The number of oxime groups is 6. The average Bonchev–Trinajstić information content (AvgIpc) is 3.78. The third-order valence-electron chi connectivity index (χ3n) is 7.82. The molecule has 0 aromatic carbocycles. The minimum atomic E-state index is -2.78. The molecule has 2 aromatic rings. The maximum atomic E-state index is 6.27. The molecule has 3 fully saturated rings. The fourth-order valence-electron chi connectivity index (χ4n) is 5.42. The van der Waals surface area contributed by atoms with Gasteiger partial charge in [-0.15, -0.1) is 30.9 Å². The summed E-state index contributed by atoms with van der Waals surface area (Å²) in [6, 6.07) is 7.53. The highest BCUT2D eigenvalue weighted by Gasteiger charge is 2.45. The maximum absolute atomic E-state index is 6.27. The summed E-state index contributed by atoms with van der Waals surface area (Å²) in [6.07, 6.45) is 9.30. The van der Waals surface area contributed by atoms with Gasteiger partial charge < -0.3 is 28.5 Å². The van der Waals surface area contributed by atoms with Crippen molar-refractivity contribution in [2.24, 2.45) is 30.9 Å². The third-order valence-corrected chi connectivity index (χ3v) is 9.80. The van der Waals surface area contributed by atoms with Crippen molar-refractivity contribution in [3.8, 4) is 0 Å². The SMILES string of the molecule is c1csc([B-]23ON=C4CCCC/C4=N\O[B-](c4cccs4)(O/N=C4\CCCC\C4=N/O2)O/N=C2\CCCC\C2=N/O3)c1. The van der Waals surface area contributed by atoms with Crippen molar-refractivity contribution in [1.82, 2.24) is 0 Å². The lowest BCUT2D eigenvalue weighted by Gasteiger charge is -2.37. The van der Waals surface area contributed by atoms with Crippen molar-refractivity contribution in [1.29, 1.82) is 0 Å². The summed E-state index contributed by atoms with van der Waals surface area (Å²) >= 11 is 2.83. The third kappa shape index (κ3) is 5.44. The highest BCUT2D eigenvalue weighted by atomic mass is 32.1. The minimum Gasteiger partial charge on any atom is -0.535 e. The largest absolute Gasteiger partial charge is 0.650 e. The first kappa shape index (κ1) is 27.2. The van der Waals surface area contributed by atoms with E-state index in [1.807, 2.05) is 35.0 Å². The van der Waals surface area contributed by atoms with Crippen LogP contribution in [-0.4, -0.2) is 47.8 Å². The molecule has 0 saturated heterocycles. The first-order chi connectivity index (χ1) is 20.7. The van der Waals surface area contributed by atoms with Crippen LogP contribution in [0.4, 0.5) is 0 Å². The van der Waals surface area contributed by atoms with Crippen LogP contribution in [0.2, 0.25) is 0 Å². The lowest BCUT2D eigenvalue weighted by Crippen LogP contribution is -2.54. The second-order valence-corrected chi connectivity index (χ2v) is 12.8. The van der Waals surface area contributed by atoms with Crippen molar-refractivity contribution in [2.45, 2.75) is 77.0 Å². The monoisotopic (exact) mass is 608 g/mol. The smallest absolute Gasteiger partial charge is 0.535 e. The summed E-state index contributed by atoms with van der Waals surface area (Å²) in [6.45, 7) is -5.56. The molecular formula is C26H30B2N6O6S2-2. The van der Waals surface area contributed by atoms with E-state index in [1.165, 1.54) is 22.7 Å². The van der Waals surface area contributed by atoms with Gasteiger partial charge in [-0.3, -0.25) is 0 Å². The Morgan fingerprint density at radius 3 is 0.905 bits per heavy atom. The van der Waals surface area contributed by atoms with Gasteiger partial charge in [0.25, 0.3) is 0 Å². The standard InChI is InChI=1S/C26H30B2N6O6S2/c1-2-10-20-19(9-1)29-35-27(25-15-7-17-41-25)37-31-21-11-3-5-13-23(21)33-39-28(36-30-20,26-16-8-18-42-26)40-34-24-14-6-4-12-22(24)32-38-27/h7-8,15-18H,1-6,9-14H2/q-2/b29-19+,30-20+,31-21+,32-22+,33-23+,34-24?. The highest BCUT2D eigenvalue weighted by Crippen LogP contribution is 2.26. The Morgan fingerprint density at radius 1 is 0.429 bits per heavy atom. The molecule has 2 aromatic heterocycles. The van der Waals surface area contributed by atoms with Crippen molar-refractivity contribution in [3.05, 3.63) is 35.0 Å². The Morgan fingerprint density at radius 2 is 0.690 bits per heavy atom. The molecule has 220 valence electrons. The van der Waals surface area contributed by atoms with Crippen LogP contribution in [0.1, 0.15) is 77.0 Å². The zero-order valence-corrected chi connectivity index (χ0v) is 24.7. The molecular weight excluding hydrogens is 578 g/mol. The van der Waals surface area contributed by atoms with Crippen LogP contribution in [-0.2, 0) is 28.5 Å². The van der Waals surface area contributed by atoms with Crippen LogP contribution >= 0.6 is 22.7 Å². The quantitative estimate of drug-likeness (QED) is 0.451. The number of nitrogens with zero attached hydrogens (tertiary/aromatic N) is 6. The average molecular weight is 608 g/mol. The van der Waals surface area contributed by atoms with Gasteiger partial charge in [-0.2, -0.15) is 22.7 Å². The van der Waals surface area contributed by atoms with E-state index in [4.69, 9.17) is 28.5 Å². The number of thiophene rings is 2. The van der Waals surface area contributed by atoms with E-state index in [2.05, 4.69) is 30.9 Å². The van der Waals surface area contributed by atoms with Crippen LogP contribution in [0.3, 0.4) is 0 Å². The molecule has 2 bridgehead atoms. The predicted molar refractivity (Wildman–Crippen MR) is 166 cm³/mol. The molecule has 0 atom stereocenters. The van der Waals surface area contributed by atoms with E-state index in [-0.39, 0.29) is 0 Å². The summed E-state index contributed by atoms with van der Waals surface area (Å²) in [5.41, 5.74) is 3.70. The van der Waals surface area contributed by atoms with Gasteiger partial charge in [-0.25, -0.2) is 0 Å². The first-order valence-electron chi connectivity index (χ1n) is 14.6. The summed E-state index contributed by atoms with van der Waals surface area (Å²) in [5, 5.41) is 31.3. The molecule has 12 nitrogen and oxygen atoms in total. The fraction of sp³-hybridized carbons (Fsp3) is 0.462. The zero-order chi connectivity index (χ0) is 28.2. The van der Waals surface area contributed by atoms with Gasteiger partial charge in [-0.05, 0) is 97.4 Å². The molecule has 0 radical (unpaired) electrons. The molecule has 3 aliphatic carbocycles. The van der Waals surface area contributed by atoms with Crippen LogP contribution < -0.4 is 9.55 Å². The van der Waals surface area contributed by atoms with Gasteiger partial charge in [0.05, 0.1) is 34.3 Å². The van der Waals surface area contributed by atoms with E-state index in [1.54, 1.807) is 0 Å². The van der Waals surface area contributed by atoms with Crippen LogP contribution in [0.15, 0.2) is 66.0 Å². The molecule has 0 spiro atoms. The Labute approximate surface area is 251 Å². The molecule has 0 amide bonds. The van der Waals surface area contributed by atoms with E-state index in [0.717, 1.165) is 38.5 Å². The van der Waals surface area contributed by atoms with Crippen molar-refractivity contribution >= 4 is 80.0 Å². The highest BCUT2D eigenvalue weighted by molar-refractivity contribution is 7.23. The summed E-state index contributed by atoms with van der Waals surface area (Å²) < 4.78 is 38.9. The Kier molecular flexibility index (Phi) is 7.72. The van der Waals surface area contributed by atoms with Crippen LogP contribution in [0, 0.1) is 0 Å². The van der Waals surface area contributed by atoms with Gasteiger partial charge >= 0.3 is 13.5 Å². The summed E-state index contributed by atoms with van der Waals surface area (Å²) in [5.74, 6) is 0. The number of fused-ring (bicyclic) bond motifs is 6. The number of hydrogen-bond acceptors (Lipinski definition) is 14. The first-order valence-corrected chi connectivity index (χ1v) is 16.3. The van der Waals surface area contributed by atoms with E-state index < -0.39 is 13.5 Å². The minimum absolute atomic E-state index is 0.616. The van der Waals surface area contributed by atoms with Crippen LogP contribution in [0.5, 0.6) is 0 Å². The van der Waals surface area contributed by atoms with Gasteiger partial charge in [0.15, 0.2) is 0 Å². The molecule has 8 rings (SSSR count). The van der Waals surface area contributed by atoms with Crippen molar-refractivity contribution in [2.75, 3.05) is 0 Å². The van der Waals surface area contributed by atoms with Crippen LogP contribution in [0.25, 0.3) is 0 Å². The van der Waals surface area contributed by atoms with Gasteiger partial charge in [0.1, 0.15) is 0 Å². The molecule has 5 heterocycles. The fourth-order valence-corrected chi connectivity index (χ4v) is 6.95. The molecule has 0 unspecified atom stereocenters. The van der Waals surface area contributed by atoms with E-state index in [0.29, 0.717) is 82.3 Å². The van der Waals surface area contributed by atoms with E-state index >= 15 is 0 Å². The van der Waals surface area contributed by atoms with Crippen molar-refractivity contribution < 1.29 is 28.5 Å². The molecule has 0 N–H and O–H groups in total. The lowest BCUT2D eigenvalue weighted by molar-refractivity contribution is 0.0765. The normalized spacial score (nSPS) is 34.3. The second-order valence-electron chi connectivity index (χ2n) is 10.8. The molecule has 3 aliphatic heterocycles. The zero-order valence-electron chi connectivity index (χ0n) is 23.1. The Balaban J connectivity index is 1.46. The molecule has 42 heavy (non-hydrogen) atoms. The molecule has 3 saturated carbocycles. The van der Waals surface area contributed by atoms with Crippen molar-refractivity contribution in [3.63, 3.8) is 0 Å². The Hall–Kier alpha value is -3.65. The molecule has 16 heteroatoms. The summed E-state index contributed by atoms with van der Waals surface area (Å²) in [7, 11) is 0. The number of hydrogen-bond donors (Lipinski definition) is 0. The Bertz CT molecular complexity index is 1240. The van der Waals surface area contributed by atoms with E-state index in [9.17, 15) is 0 Å². The number of rotatable bonds is 2. The van der Waals surface area contributed by atoms with Gasteiger partial charge in [0.2, 0.25) is 0 Å².